The number of nitrogens with zero attached hydrogens (tertiary/aromatic N) is 1. The number of esters is 1. The fourth-order valence-corrected chi connectivity index (χ4v) is 4.10. The number of hydrogen-bond acceptors (Lipinski definition) is 5. The molecule has 1 fully saturated rings. The summed E-state index contributed by atoms with van der Waals surface area (Å²) in [5.41, 5.74) is 2.91. The Balaban J connectivity index is 1.64. The van der Waals surface area contributed by atoms with Crippen molar-refractivity contribution in [3.05, 3.63) is 52.4 Å². The summed E-state index contributed by atoms with van der Waals surface area (Å²) in [5.74, 6) is -0.500. The monoisotopic (exact) mass is 372 g/mol. The van der Waals surface area contributed by atoms with Gasteiger partial charge in [-0.3, -0.25) is 9.69 Å². The van der Waals surface area contributed by atoms with Gasteiger partial charge in [0.05, 0.1) is 18.7 Å². The van der Waals surface area contributed by atoms with Crippen molar-refractivity contribution in [2.75, 3.05) is 25.0 Å². The summed E-state index contributed by atoms with van der Waals surface area (Å²) in [6.07, 6.45) is 2.14. The van der Waals surface area contributed by atoms with E-state index in [9.17, 15) is 9.59 Å². The van der Waals surface area contributed by atoms with Crippen LogP contribution in [0.4, 0.5) is 5.00 Å². The Morgan fingerprint density at radius 2 is 2.04 bits per heavy atom. The lowest BCUT2D eigenvalue weighted by atomic mass is 10.0. The smallest absolute Gasteiger partial charge is 0.341 e. The number of carbonyl (C=O) groups is 2. The highest BCUT2D eigenvalue weighted by Gasteiger charge is 2.28. The molecule has 138 valence electrons. The van der Waals surface area contributed by atoms with Gasteiger partial charge in [0, 0.05) is 6.04 Å². The quantitative estimate of drug-likeness (QED) is 0.779. The van der Waals surface area contributed by atoms with Crippen LogP contribution in [0.1, 0.15) is 47.3 Å². The van der Waals surface area contributed by atoms with E-state index in [1.807, 2.05) is 0 Å². The van der Waals surface area contributed by atoms with Crippen LogP contribution in [-0.4, -0.2) is 36.5 Å². The van der Waals surface area contributed by atoms with E-state index in [4.69, 9.17) is 4.74 Å². The lowest BCUT2D eigenvalue weighted by Crippen LogP contribution is -2.33. The molecule has 0 radical (unpaired) electrons. The van der Waals surface area contributed by atoms with Crippen LogP contribution in [0.2, 0.25) is 0 Å². The van der Waals surface area contributed by atoms with Crippen LogP contribution in [0.15, 0.2) is 35.7 Å². The molecule has 1 N–H and O–H groups in total. The summed E-state index contributed by atoms with van der Waals surface area (Å²) >= 11 is 1.34. The Bertz CT molecular complexity index is 770. The number of amides is 1. The van der Waals surface area contributed by atoms with Crippen molar-refractivity contribution in [1.82, 2.24) is 4.90 Å². The topological polar surface area (TPSA) is 58.6 Å². The molecule has 0 aliphatic carbocycles. The van der Waals surface area contributed by atoms with Gasteiger partial charge in [0.1, 0.15) is 5.00 Å². The molecule has 0 unspecified atom stereocenters. The van der Waals surface area contributed by atoms with Gasteiger partial charge in [-0.15, -0.1) is 11.3 Å². The highest BCUT2D eigenvalue weighted by molar-refractivity contribution is 7.14. The molecule has 1 aliphatic rings. The Morgan fingerprint density at radius 3 is 2.77 bits per heavy atom. The van der Waals surface area contributed by atoms with Crippen molar-refractivity contribution in [3.8, 4) is 0 Å². The van der Waals surface area contributed by atoms with E-state index in [2.05, 4.69) is 41.4 Å². The van der Waals surface area contributed by atoms with Crippen LogP contribution in [0.3, 0.4) is 0 Å². The lowest BCUT2D eigenvalue weighted by Gasteiger charge is -2.24. The number of rotatable bonds is 6. The van der Waals surface area contributed by atoms with E-state index in [1.165, 1.54) is 22.5 Å². The molecule has 0 bridgehead atoms. The second kappa shape index (κ2) is 8.47. The molecule has 1 aliphatic heterocycles. The minimum atomic E-state index is -0.400. The molecular weight excluding hydrogens is 348 g/mol. The van der Waals surface area contributed by atoms with Crippen molar-refractivity contribution in [3.63, 3.8) is 0 Å². The summed E-state index contributed by atoms with van der Waals surface area (Å²) in [6, 6.07) is 10.5. The first-order valence-electron chi connectivity index (χ1n) is 8.93. The van der Waals surface area contributed by atoms with Gasteiger partial charge in [-0.1, -0.05) is 29.8 Å². The molecule has 0 saturated carbocycles. The van der Waals surface area contributed by atoms with Gasteiger partial charge >= 0.3 is 5.97 Å². The first-order chi connectivity index (χ1) is 12.6. The molecule has 6 heteroatoms. The summed E-state index contributed by atoms with van der Waals surface area (Å²) in [6.45, 7) is 5.38. The zero-order chi connectivity index (χ0) is 18.5. The van der Waals surface area contributed by atoms with E-state index in [0.717, 1.165) is 19.4 Å². The van der Waals surface area contributed by atoms with Gasteiger partial charge in [-0.25, -0.2) is 4.79 Å². The Hall–Kier alpha value is -2.18. The van der Waals surface area contributed by atoms with E-state index in [0.29, 0.717) is 23.7 Å². The second-order valence-electron chi connectivity index (χ2n) is 6.47. The van der Waals surface area contributed by atoms with E-state index in [1.54, 1.807) is 18.4 Å². The summed E-state index contributed by atoms with van der Waals surface area (Å²) in [4.78, 5) is 26.7. The summed E-state index contributed by atoms with van der Waals surface area (Å²) in [7, 11) is 0. The molecular formula is C20H24N2O3S. The molecule has 5 nitrogen and oxygen atoms in total. The van der Waals surface area contributed by atoms with Crippen molar-refractivity contribution >= 4 is 28.2 Å². The predicted molar refractivity (Wildman–Crippen MR) is 104 cm³/mol. The second-order valence-corrected chi connectivity index (χ2v) is 7.39. The Kier molecular flexibility index (Phi) is 6.06. The molecule has 2 aromatic rings. The number of aryl methyl sites for hydroxylation is 1. The zero-order valence-electron chi connectivity index (χ0n) is 15.2. The lowest BCUT2D eigenvalue weighted by molar-refractivity contribution is -0.117. The maximum atomic E-state index is 12.5. The third-order valence-electron chi connectivity index (χ3n) is 4.59. The van der Waals surface area contributed by atoms with Crippen LogP contribution in [0.25, 0.3) is 0 Å². The highest BCUT2D eigenvalue weighted by Crippen LogP contribution is 2.32. The predicted octanol–water partition coefficient (Wildman–Crippen LogP) is 4.01. The fourth-order valence-electron chi connectivity index (χ4n) is 3.31. The molecule has 1 aromatic carbocycles. The van der Waals surface area contributed by atoms with Gasteiger partial charge in [0.15, 0.2) is 0 Å². The largest absolute Gasteiger partial charge is 0.462 e. The number of benzene rings is 1. The van der Waals surface area contributed by atoms with Gasteiger partial charge in [0.2, 0.25) is 5.91 Å². The Morgan fingerprint density at radius 1 is 1.27 bits per heavy atom. The van der Waals surface area contributed by atoms with Crippen molar-refractivity contribution in [2.24, 2.45) is 0 Å². The molecule has 26 heavy (non-hydrogen) atoms. The number of ether oxygens (including phenoxy) is 1. The van der Waals surface area contributed by atoms with E-state index >= 15 is 0 Å². The first-order valence-corrected chi connectivity index (χ1v) is 9.81. The molecule has 2 heterocycles. The number of thiophene rings is 1. The fraction of sp³-hybridized carbons (Fsp3) is 0.400. The van der Waals surface area contributed by atoms with Crippen molar-refractivity contribution in [1.29, 1.82) is 0 Å². The van der Waals surface area contributed by atoms with Crippen LogP contribution in [0.5, 0.6) is 0 Å². The molecule has 1 amide bonds. The summed E-state index contributed by atoms with van der Waals surface area (Å²) < 4.78 is 5.03. The van der Waals surface area contributed by atoms with Crippen molar-refractivity contribution < 1.29 is 14.3 Å². The average molecular weight is 372 g/mol. The molecule has 1 saturated heterocycles. The minimum absolute atomic E-state index is 0.1000. The van der Waals surface area contributed by atoms with Gasteiger partial charge < -0.3 is 10.1 Å². The maximum absolute atomic E-state index is 12.5. The summed E-state index contributed by atoms with van der Waals surface area (Å²) in [5, 5.41) is 5.21. The third-order valence-corrected chi connectivity index (χ3v) is 5.42. The van der Waals surface area contributed by atoms with Crippen LogP contribution < -0.4 is 5.32 Å². The average Bonchev–Trinajstić information content (AvgIpc) is 3.25. The van der Waals surface area contributed by atoms with E-state index < -0.39 is 5.97 Å². The molecule has 0 spiro atoms. The number of hydrogen-bond donors (Lipinski definition) is 1. The number of carbonyl (C=O) groups excluding carboxylic acids is 2. The molecule has 1 atom stereocenters. The molecule has 3 rings (SSSR count). The maximum Gasteiger partial charge on any atom is 0.341 e. The number of likely N-dealkylation sites (tertiary alicyclic amines) is 1. The Labute approximate surface area is 158 Å². The minimum Gasteiger partial charge on any atom is -0.462 e. The van der Waals surface area contributed by atoms with Crippen LogP contribution in [0, 0.1) is 6.92 Å². The number of anilines is 1. The SMILES string of the molecule is CCOC(=O)c1ccsc1NC(=O)CN1CCC[C@@H]1c1ccc(C)cc1. The van der Waals surface area contributed by atoms with Gasteiger partial charge in [0.25, 0.3) is 0 Å². The first kappa shape index (κ1) is 18.6. The van der Waals surface area contributed by atoms with Crippen molar-refractivity contribution in [2.45, 2.75) is 32.7 Å². The van der Waals surface area contributed by atoms with Gasteiger partial charge in [-0.2, -0.15) is 0 Å². The van der Waals surface area contributed by atoms with Gasteiger partial charge in [-0.05, 0) is 50.2 Å². The third kappa shape index (κ3) is 4.31. The van der Waals surface area contributed by atoms with E-state index in [-0.39, 0.29) is 11.9 Å². The highest BCUT2D eigenvalue weighted by atomic mass is 32.1. The zero-order valence-corrected chi connectivity index (χ0v) is 16.0. The molecule has 1 aromatic heterocycles. The van der Waals surface area contributed by atoms with Crippen LogP contribution in [-0.2, 0) is 9.53 Å². The standard InChI is InChI=1S/C20H24N2O3S/c1-3-25-20(24)16-10-12-26-19(16)21-18(23)13-22-11-4-5-17(22)15-8-6-14(2)7-9-15/h6-10,12,17H,3-5,11,13H2,1-2H3,(H,21,23)/t17-/m1/s1. The number of nitrogens with one attached hydrogen (secondary N) is 1. The normalized spacial score (nSPS) is 17.2. The van der Waals surface area contributed by atoms with Crippen LogP contribution >= 0.6 is 11.3 Å².